The third kappa shape index (κ3) is 4.48. The molecule has 0 aliphatic carbocycles. The monoisotopic (exact) mass is 282 g/mol. The van der Waals surface area contributed by atoms with Crippen molar-refractivity contribution in [3.05, 3.63) is 0 Å². The topological polar surface area (TPSA) is 61.8 Å². The zero-order chi connectivity index (χ0) is 15.2. The van der Waals surface area contributed by atoms with E-state index >= 15 is 0 Å². The van der Waals surface area contributed by atoms with Crippen molar-refractivity contribution in [2.24, 2.45) is 0 Å². The summed E-state index contributed by atoms with van der Waals surface area (Å²) >= 11 is 0. The fourth-order valence-electron chi connectivity index (χ4n) is 2.55. The number of rotatable bonds is 6. The summed E-state index contributed by atoms with van der Waals surface area (Å²) in [7, 11) is 0. The number of hydrogen-bond donors (Lipinski definition) is 2. The number of carbonyl (C=O) groups is 1. The van der Waals surface area contributed by atoms with Gasteiger partial charge < -0.3 is 15.2 Å². The largest absolute Gasteiger partial charge is 0.394 e. The lowest BCUT2D eigenvalue weighted by atomic mass is 9.94. The molecule has 0 aromatic heterocycles. The van der Waals surface area contributed by atoms with Gasteiger partial charge in [0.15, 0.2) is 0 Å². The Balaban J connectivity index is 2.55. The van der Waals surface area contributed by atoms with Crippen LogP contribution >= 0.6 is 0 Å². The van der Waals surface area contributed by atoms with E-state index in [2.05, 4.69) is 11.2 Å². The van der Waals surface area contributed by atoms with Gasteiger partial charge in [-0.3, -0.25) is 9.69 Å². The highest BCUT2D eigenvalue weighted by Gasteiger charge is 2.29. The van der Waals surface area contributed by atoms with Crippen LogP contribution in [0.4, 0.5) is 0 Å². The molecule has 5 nitrogen and oxygen atoms in total. The van der Waals surface area contributed by atoms with Crippen molar-refractivity contribution >= 4 is 5.91 Å². The second kappa shape index (κ2) is 7.63. The molecule has 20 heavy (non-hydrogen) atoms. The number of amides is 1. The highest BCUT2D eigenvalue weighted by atomic mass is 16.5. The molecule has 2 N–H and O–H groups in total. The first-order valence-electron chi connectivity index (χ1n) is 7.26. The van der Waals surface area contributed by atoms with Crippen LogP contribution in [0.1, 0.15) is 33.6 Å². The molecule has 2 unspecified atom stereocenters. The molecule has 0 radical (unpaired) electrons. The molecule has 0 aromatic carbocycles. The third-order valence-corrected chi connectivity index (χ3v) is 3.83. The summed E-state index contributed by atoms with van der Waals surface area (Å²) in [6.07, 6.45) is 6.77. The number of aliphatic hydroxyl groups excluding tert-OH is 1. The number of nitrogens with one attached hydrogen (secondary N) is 1. The summed E-state index contributed by atoms with van der Waals surface area (Å²) in [6, 6.07) is 0. The number of carbonyl (C=O) groups excluding carboxylic acids is 1. The SMILES string of the molecule is C#CC(CC)(CC)NC(=O)CN1CC(C)OC(CO)C1. The Bertz CT molecular complexity index is 361. The Kier molecular flexibility index (Phi) is 6.47. The summed E-state index contributed by atoms with van der Waals surface area (Å²) < 4.78 is 5.56. The molecule has 1 fully saturated rings. The van der Waals surface area contributed by atoms with Crippen LogP contribution in [0, 0.1) is 12.3 Å². The predicted octanol–water partition coefficient (Wildman–Crippen LogP) is 0.376. The van der Waals surface area contributed by atoms with Crippen molar-refractivity contribution in [1.82, 2.24) is 10.2 Å². The number of hydrogen-bond acceptors (Lipinski definition) is 4. The number of terminal acetylenes is 1. The van der Waals surface area contributed by atoms with Gasteiger partial charge in [0.05, 0.1) is 25.4 Å². The highest BCUT2D eigenvalue weighted by molar-refractivity contribution is 5.79. The lowest BCUT2D eigenvalue weighted by molar-refractivity contribution is -0.129. The molecule has 1 rings (SSSR count). The number of nitrogens with zero attached hydrogens (tertiary/aromatic N) is 1. The van der Waals surface area contributed by atoms with Crippen molar-refractivity contribution in [1.29, 1.82) is 0 Å². The molecule has 5 heteroatoms. The minimum absolute atomic E-state index is 0.0171. The van der Waals surface area contributed by atoms with E-state index in [-0.39, 0.29) is 31.3 Å². The van der Waals surface area contributed by atoms with Gasteiger partial charge in [0.25, 0.3) is 0 Å². The zero-order valence-corrected chi connectivity index (χ0v) is 12.7. The maximum absolute atomic E-state index is 12.2. The minimum atomic E-state index is -0.550. The average Bonchev–Trinajstić information content (AvgIpc) is 2.44. The molecule has 2 atom stereocenters. The van der Waals surface area contributed by atoms with E-state index in [1.54, 1.807) is 0 Å². The maximum atomic E-state index is 12.2. The van der Waals surface area contributed by atoms with Gasteiger partial charge in [-0.1, -0.05) is 19.8 Å². The van der Waals surface area contributed by atoms with Gasteiger partial charge in [0, 0.05) is 13.1 Å². The highest BCUT2D eigenvalue weighted by Crippen LogP contribution is 2.14. The van der Waals surface area contributed by atoms with Gasteiger partial charge in [-0.05, 0) is 19.8 Å². The summed E-state index contributed by atoms with van der Waals surface area (Å²) in [5.74, 6) is 2.62. The van der Waals surface area contributed by atoms with Crippen LogP contribution in [-0.4, -0.2) is 59.9 Å². The number of morpholine rings is 1. The zero-order valence-electron chi connectivity index (χ0n) is 12.7. The average molecular weight is 282 g/mol. The summed E-state index contributed by atoms with van der Waals surface area (Å²) in [6.45, 7) is 7.40. The number of aliphatic hydroxyl groups is 1. The van der Waals surface area contributed by atoms with E-state index in [1.165, 1.54) is 0 Å². The normalized spacial score (nSPS) is 24.1. The molecule has 1 aliphatic heterocycles. The Morgan fingerprint density at radius 1 is 1.50 bits per heavy atom. The van der Waals surface area contributed by atoms with Crippen molar-refractivity contribution in [2.45, 2.75) is 51.4 Å². The lowest BCUT2D eigenvalue weighted by Gasteiger charge is -2.36. The molecular weight excluding hydrogens is 256 g/mol. The van der Waals surface area contributed by atoms with E-state index in [9.17, 15) is 9.90 Å². The van der Waals surface area contributed by atoms with E-state index in [0.717, 1.165) is 0 Å². The standard InChI is InChI=1S/C15H26N2O3/c1-5-15(6-2,7-3)16-14(19)10-17-8-12(4)20-13(9-17)11-18/h1,12-13,18H,6-11H2,2-4H3,(H,16,19). The Hall–Kier alpha value is -1.09. The van der Waals surface area contributed by atoms with E-state index in [0.29, 0.717) is 25.9 Å². The van der Waals surface area contributed by atoms with Crippen LogP contribution in [0.25, 0.3) is 0 Å². The summed E-state index contributed by atoms with van der Waals surface area (Å²) in [5, 5.41) is 12.1. The molecular formula is C15H26N2O3. The van der Waals surface area contributed by atoms with Gasteiger partial charge in [0.1, 0.15) is 5.54 Å². The fraction of sp³-hybridized carbons (Fsp3) is 0.800. The van der Waals surface area contributed by atoms with Crippen LogP contribution in [0.2, 0.25) is 0 Å². The molecule has 1 amide bonds. The van der Waals surface area contributed by atoms with Crippen LogP contribution in [-0.2, 0) is 9.53 Å². The smallest absolute Gasteiger partial charge is 0.235 e. The predicted molar refractivity (Wildman–Crippen MR) is 78.1 cm³/mol. The molecule has 114 valence electrons. The van der Waals surface area contributed by atoms with Crippen LogP contribution in [0.3, 0.4) is 0 Å². The first kappa shape index (κ1) is 17.0. The lowest BCUT2D eigenvalue weighted by Crippen LogP contribution is -2.54. The van der Waals surface area contributed by atoms with Gasteiger partial charge in [-0.2, -0.15) is 0 Å². The van der Waals surface area contributed by atoms with Gasteiger partial charge in [-0.25, -0.2) is 0 Å². The van der Waals surface area contributed by atoms with Crippen molar-refractivity contribution in [3.8, 4) is 12.3 Å². The van der Waals surface area contributed by atoms with E-state index in [1.807, 2.05) is 25.7 Å². The fourth-order valence-corrected chi connectivity index (χ4v) is 2.55. The van der Waals surface area contributed by atoms with Crippen molar-refractivity contribution in [2.75, 3.05) is 26.2 Å². The van der Waals surface area contributed by atoms with Crippen LogP contribution in [0.5, 0.6) is 0 Å². The molecule has 0 spiro atoms. The summed E-state index contributed by atoms with van der Waals surface area (Å²) in [4.78, 5) is 14.2. The second-order valence-corrected chi connectivity index (χ2v) is 5.43. The van der Waals surface area contributed by atoms with E-state index in [4.69, 9.17) is 11.2 Å². The third-order valence-electron chi connectivity index (χ3n) is 3.83. The van der Waals surface area contributed by atoms with Gasteiger partial charge in [0.2, 0.25) is 5.91 Å². The molecule has 1 saturated heterocycles. The quantitative estimate of drug-likeness (QED) is 0.691. The molecule has 1 aliphatic rings. The van der Waals surface area contributed by atoms with E-state index < -0.39 is 5.54 Å². The first-order valence-corrected chi connectivity index (χ1v) is 7.26. The first-order chi connectivity index (χ1) is 9.48. The minimum Gasteiger partial charge on any atom is -0.394 e. The van der Waals surface area contributed by atoms with Gasteiger partial charge in [-0.15, -0.1) is 6.42 Å². The van der Waals surface area contributed by atoms with Gasteiger partial charge >= 0.3 is 0 Å². The Labute approximate surface area is 121 Å². The second-order valence-electron chi connectivity index (χ2n) is 5.43. The molecule has 0 bridgehead atoms. The van der Waals surface area contributed by atoms with Crippen LogP contribution < -0.4 is 5.32 Å². The summed E-state index contributed by atoms with van der Waals surface area (Å²) in [5.41, 5.74) is -0.550. The van der Waals surface area contributed by atoms with Crippen molar-refractivity contribution in [3.63, 3.8) is 0 Å². The maximum Gasteiger partial charge on any atom is 0.235 e. The van der Waals surface area contributed by atoms with Crippen molar-refractivity contribution < 1.29 is 14.6 Å². The van der Waals surface area contributed by atoms with Crippen LogP contribution in [0.15, 0.2) is 0 Å². The Morgan fingerprint density at radius 2 is 2.15 bits per heavy atom. The molecule has 0 aromatic rings. The molecule has 1 heterocycles. The Morgan fingerprint density at radius 3 is 2.65 bits per heavy atom. The molecule has 0 saturated carbocycles. The number of ether oxygens (including phenoxy) is 1.